The molecule has 1 heterocycles. The van der Waals surface area contributed by atoms with Gasteiger partial charge in [0.05, 0.1) is 12.5 Å². The zero-order valence-corrected chi connectivity index (χ0v) is 14.3. The van der Waals surface area contributed by atoms with Gasteiger partial charge in [-0.25, -0.2) is 0 Å². The molecule has 1 unspecified atom stereocenters. The lowest BCUT2D eigenvalue weighted by atomic mass is 10.2. The standard InChI is InChI=1S/C19H21N5O/c1-13-8-10-16(11-9-13)22-19(20)21-12-14(2)18-23-17(24-25-18)15-6-4-3-5-7-15/h3-11,14H,12H2,1-2H3,(H3,20,21,22). The first-order valence-corrected chi connectivity index (χ1v) is 8.14. The highest BCUT2D eigenvalue weighted by Gasteiger charge is 2.15. The summed E-state index contributed by atoms with van der Waals surface area (Å²) in [6.45, 7) is 4.48. The molecule has 2 aromatic carbocycles. The first-order chi connectivity index (χ1) is 12.1. The number of nitrogens with zero attached hydrogens (tertiary/aromatic N) is 3. The summed E-state index contributed by atoms with van der Waals surface area (Å²) in [4.78, 5) is 8.80. The maximum absolute atomic E-state index is 5.94. The number of nitrogens with two attached hydrogens (primary N) is 1. The molecule has 3 aromatic rings. The van der Waals surface area contributed by atoms with Gasteiger partial charge in [-0.3, -0.25) is 4.99 Å². The minimum absolute atomic E-state index is 0.0247. The first kappa shape index (κ1) is 16.7. The van der Waals surface area contributed by atoms with Crippen molar-refractivity contribution in [2.75, 3.05) is 11.9 Å². The molecule has 0 saturated carbocycles. The Kier molecular flexibility index (Phi) is 5.09. The van der Waals surface area contributed by atoms with Crippen molar-refractivity contribution in [1.82, 2.24) is 10.1 Å². The largest absolute Gasteiger partial charge is 0.370 e. The summed E-state index contributed by atoms with van der Waals surface area (Å²) in [6, 6.07) is 17.7. The molecule has 1 atom stereocenters. The van der Waals surface area contributed by atoms with Crippen LogP contribution in [0.4, 0.5) is 5.69 Å². The second-order valence-corrected chi connectivity index (χ2v) is 5.94. The molecular formula is C19H21N5O. The van der Waals surface area contributed by atoms with Crippen molar-refractivity contribution < 1.29 is 4.52 Å². The Labute approximate surface area is 146 Å². The quantitative estimate of drug-likeness (QED) is 0.549. The number of hydrogen-bond donors (Lipinski definition) is 2. The van der Waals surface area contributed by atoms with Gasteiger partial charge in [-0.2, -0.15) is 4.98 Å². The van der Waals surface area contributed by atoms with Crippen LogP contribution in [-0.2, 0) is 0 Å². The molecule has 0 fully saturated rings. The van der Waals surface area contributed by atoms with Crippen LogP contribution < -0.4 is 11.1 Å². The van der Waals surface area contributed by atoms with Gasteiger partial charge in [0.2, 0.25) is 11.7 Å². The topological polar surface area (TPSA) is 89.3 Å². The highest BCUT2D eigenvalue weighted by molar-refractivity contribution is 5.92. The third kappa shape index (κ3) is 4.44. The maximum atomic E-state index is 5.94. The smallest absolute Gasteiger partial charge is 0.231 e. The fourth-order valence-corrected chi connectivity index (χ4v) is 2.28. The molecule has 6 heteroatoms. The summed E-state index contributed by atoms with van der Waals surface area (Å²) in [5, 5.41) is 7.10. The fraction of sp³-hybridized carbons (Fsp3) is 0.211. The van der Waals surface area contributed by atoms with E-state index in [1.54, 1.807) is 0 Å². The molecule has 0 spiro atoms. The van der Waals surface area contributed by atoms with Crippen molar-refractivity contribution in [2.45, 2.75) is 19.8 Å². The molecule has 3 rings (SSSR count). The Hall–Kier alpha value is -3.15. The lowest BCUT2D eigenvalue weighted by molar-refractivity contribution is 0.361. The highest BCUT2D eigenvalue weighted by atomic mass is 16.5. The number of aromatic nitrogens is 2. The van der Waals surface area contributed by atoms with E-state index in [9.17, 15) is 0 Å². The van der Waals surface area contributed by atoms with E-state index in [1.165, 1.54) is 5.56 Å². The minimum Gasteiger partial charge on any atom is -0.370 e. The van der Waals surface area contributed by atoms with E-state index >= 15 is 0 Å². The molecular weight excluding hydrogens is 314 g/mol. The summed E-state index contributed by atoms with van der Waals surface area (Å²) < 4.78 is 5.35. The summed E-state index contributed by atoms with van der Waals surface area (Å²) in [7, 11) is 0. The molecule has 0 aliphatic rings. The van der Waals surface area contributed by atoms with Crippen molar-refractivity contribution in [3.8, 4) is 11.4 Å². The number of nitrogens with one attached hydrogen (secondary N) is 1. The molecule has 0 aliphatic heterocycles. The second-order valence-electron chi connectivity index (χ2n) is 5.94. The van der Waals surface area contributed by atoms with Gasteiger partial charge in [-0.15, -0.1) is 0 Å². The summed E-state index contributed by atoms with van der Waals surface area (Å²) in [5.41, 5.74) is 8.96. The number of anilines is 1. The first-order valence-electron chi connectivity index (χ1n) is 8.14. The Bertz CT molecular complexity index is 840. The molecule has 0 bridgehead atoms. The van der Waals surface area contributed by atoms with Gasteiger partial charge >= 0.3 is 0 Å². The van der Waals surface area contributed by atoms with Crippen molar-refractivity contribution in [3.63, 3.8) is 0 Å². The van der Waals surface area contributed by atoms with Crippen LogP contribution in [-0.4, -0.2) is 22.6 Å². The van der Waals surface area contributed by atoms with Crippen LogP contribution in [0.1, 0.15) is 24.3 Å². The SMILES string of the molecule is Cc1ccc(NC(N)=NCC(C)c2nc(-c3ccccc3)no2)cc1. The average molecular weight is 335 g/mol. The predicted molar refractivity (Wildman–Crippen MR) is 99.4 cm³/mol. The van der Waals surface area contributed by atoms with E-state index < -0.39 is 0 Å². The molecule has 128 valence electrons. The number of aliphatic imine (C=N–C) groups is 1. The van der Waals surface area contributed by atoms with Crippen LogP contribution in [0, 0.1) is 6.92 Å². The second kappa shape index (κ2) is 7.61. The number of rotatable bonds is 5. The van der Waals surface area contributed by atoms with E-state index in [1.807, 2.05) is 68.4 Å². The molecule has 3 N–H and O–H groups in total. The molecule has 1 aromatic heterocycles. The monoisotopic (exact) mass is 335 g/mol. The predicted octanol–water partition coefficient (Wildman–Crippen LogP) is 3.58. The van der Waals surface area contributed by atoms with Gasteiger partial charge in [0.15, 0.2) is 5.96 Å². The van der Waals surface area contributed by atoms with E-state index in [-0.39, 0.29) is 5.92 Å². The average Bonchev–Trinajstić information content (AvgIpc) is 3.13. The van der Waals surface area contributed by atoms with Gasteiger partial charge in [0.1, 0.15) is 0 Å². The molecule has 0 radical (unpaired) electrons. The van der Waals surface area contributed by atoms with E-state index in [0.29, 0.717) is 24.2 Å². The van der Waals surface area contributed by atoms with Crippen molar-refractivity contribution in [3.05, 3.63) is 66.1 Å². The van der Waals surface area contributed by atoms with E-state index in [4.69, 9.17) is 10.3 Å². The highest BCUT2D eigenvalue weighted by Crippen LogP contribution is 2.19. The van der Waals surface area contributed by atoms with Crippen LogP contribution in [0.25, 0.3) is 11.4 Å². The van der Waals surface area contributed by atoms with Gasteiger partial charge in [0, 0.05) is 11.3 Å². The number of aryl methyl sites for hydroxylation is 1. The zero-order valence-electron chi connectivity index (χ0n) is 14.3. The normalized spacial score (nSPS) is 12.8. The summed E-state index contributed by atoms with van der Waals surface area (Å²) in [5.74, 6) is 1.46. The van der Waals surface area contributed by atoms with Crippen LogP contribution in [0.3, 0.4) is 0 Å². The zero-order chi connectivity index (χ0) is 17.6. The van der Waals surface area contributed by atoms with E-state index in [2.05, 4.69) is 20.4 Å². The van der Waals surface area contributed by atoms with Crippen molar-refractivity contribution in [2.24, 2.45) is 10.7 Å². The third-order valence-electron chi connectivity index (χ3n) is 3.75. The Morgan fingerprint density at radius 3 is 2.60 bits per heavy atom. The van der Waals surface area contributed by atoms with Gasteiger partial charge < -0.3 is 15.6 Å². The summed E-state index contributed by atoms with van der Waals surface area (Å²) in [6.07, 6.45) is 0. The minimum atomic E-state index is -0.0247. The van der Waals surface area contributed by atoms with Crippen LogP contribution in [0.5, 0.6) is 0 Å². The van der Waals surface area contributed by atoms with Gasteiger partial charge in [-0.1, -0.05) is 60.1 Å². The Morgan fingerprint density at radius 1 is 1.16 bits per heavy atom. The Morgan fingerprint density at radius 2 is 1.88 bits per heavy atom. The number of benzene rings is 2. The number of hydrogen-bond acceptors (Lipinski definition) is 4. The maximum Gasteiger partial charge on any atom is 0.231 e. The Balaban J connectivity index is 1.61. The van der Waals surface area contributed by atoms with E-state index in [0.717, 1.165) is 11.3 Å². The third-order valence-corrected chi connectivity index (χ3v) is 3.75. The van der Waals surface area contributed by atoms with Gasteiger partial charge in [0.25, 0.3) is 0 Å². The van der Waals surface area contributed by atoms with Crippen molar-refractivity contribution in [1.29, 1.82) is 0 Å². The fourth-order valence-electron chi connectivity index (χ4n) is 2.28. The summed E-state index contributed by atoms with van der Waals surface area (Å²) >= 11 is 0. The molecule has 0 amide bonds. The molecule has 0 saturated heterocycles. The van der Waals surface area contributed by atoms with Crippen LogP contribution in [0.2, 0.25) is 0 Å². The molecule has 25 heavy (non-hydrogen) atoms. The molecule has 0 aliphatic carbocycles. The van der Waals surface area contributed by atoms with Crippen LogP contribution in [0.15, 0.2) is 64.1 Å². The number of guanidine groups is 1. The van der Waals surface area contributed by atoms with Crippen LogP contribution >= 0.6 is 0 Å². The van der Waals surface area contributed by atoms with Gasteiger partial charge in [-0.05, 0) is 19.1 Å². The lowest BCUT2D eigenvalue weighted by Crippen LogP contribution is -2.23. The van der Waals surface area contributed by atoms with Crippen molar-refractivity contribution >= 4 is 11.6 Å². The molecule has 6 nitrogen and oxygen atoms in total. The lowest BCUT2D eigenvalue weighted by Gasteiger charge is -2.07.